The summed E-state index contributed by atoms with van der Waals surface area (Å²) in [6.07, 6.45) is 8.29. The van der Waals surface area contributed by atoms with Gasteiger partial charge in [0.15, 0.2) is 17.2 Å². The van der Waals surface area contributed by atoms with Crippen LogP contribution in [-0.2, 0) is 0 Å². The lowest BCUT2D eigenvalue weighted by Gasteiger charge is -2.12. The highest BCUT2D eigenvalue weighted by molar-refractivity contribution is 5.94. The topological polar surface area (TPSA) is 118 Å². The van der Waals surface area contributed by atoms with Crippen LogP contribution in [0.2, 0.25) is 0 Å². The zero-order valence-electron chi connectivity index (χ0n) is 22.4. The number of anilines is 3. The summed E-state index contributed by atoms with van der Waals surface area (Å²) in [6, 6.07) is 4.45. The summed E-state index contributed by atoms with van der Waals surface area (Å²) in [5.74, 6) is 0.158. The Kier molecular flexibility index (Phi) is 11.1. The molecule has 4 rings (SSSR count). The van der Waals surface area contributed by atoms with Gasteiger partial charge in [-0.3, -0.25) is 14.2 Å². The summed E-state index contributed by atoms with van der Waals surface area (Å²) in [6.45, 7) is 15.2. The molecule has 0 saturated heterocycles. The average molecular weight is 523 g/mol. The molecule has 3 N–H and O–H groups in total. The number of rotatable bonds is 9. The third-order valence-electron chi connectivity index (χ3n) is 5.03. The van der Waals surface area contributed by atoms with Crippen LogP contribution in [0.3, 0.4) is 0 Å². The smallest absolute Gasteiger partial charge is 0.279 e. The van der Waals surface area contributed by atoms with E-state index < -0.39 is 18.1 Å². The van der Waals surface area contributed by atoms with Crippen LogP contribution in [0.5, 0.6) is 0 Å². The Bertz CT molecular complexity index is 1390. The van der Waals surface area contributed by atoms with Crippen molar-refractivity contribution in [2.24, 2.45) is 4.99 Å². The number of allylic oxidation sites excluding steroid dienone is 3. The third-order valence-corrected chi connectivity index (χ3v) is 5.03. The second-order valence-corrected chi connectivity index (χ2v) is 7.40. The highest BCUT2D eigenvalue weighted by Gasteiger charge is 2.39. The minimum absolute atomic E-state index is 0.148. The fraction of sp³-hybridized carbons (Fsp3) is 0.296. The van der Waals surface area contributed by atoms with Crippen LogP contribution in [-0.4, -0.2) is 50.5 Å². The summed E-state index contributed by atoms with van der Waals surface area (Å²) in [4.78, 5) is 34.2. The van der Waals surface area contributed by atoms with Gasteiger partial charge in [-0.1, -0.05) is 53.0 Å². The van der Waals surface area contributed by atoms with Gasteiger partial charge in [-0.05, 0) is 18.2 Å². The number of carbonyl (C=O) groups excluding carboxylic acids is 1. The van der Waals surface area contributed by atoms with E-state index in [0.717, 1.165) is 0 Å². The van der Waals surface area contributed by atoms with Crippen LogP contribution in [0, 0.1) is 0 Å². The molecule has 3 aromatic rings. The van der Waals surface area contributed by atoms with Crippen molar-refractivity contribution in [1.29, 1.82) is 0 Å². The Hall–Kier alpha value is -4.54. The van der Waals surface area contributed by atoms with Gasteiger partial charge >= 0.3 is 0 Å². The Morgan fingerprint density at radius 1 is 1.21 bits per heavy atom. The molecule has 11 heteroatoms. The Morgan fingerprint density at radius 3 is 2.53 bits per heavy atom. The number of pyridine rings is 1. The third kappa shape index (κ3) is 6.81. The van der Waals surface area contributed by atoms with E-state index in [2.05, 4.69) is 44.2 Å². The summed E-state index contributed by atoms with van der Waals surface area (Å²) >= 11 is 0. The standard InChI is InChI=1S/C23H23FN8O2.2C2H6/c1-4-7-20(26-9-5-2)31-10-6-8-15(23(31)34)28-19-12-17(25-3)21-27-13-18(32(21)30-19)22(33)29-16-11-14(16)24;2*1-2/h4-10,12-14,16,25H,1-2,11H2,3H3,(H,28,30)(H,29,33);2*1-2H3/b20-7+,26-9-;;. The number of amides is 1. The number of imidazole rings is 1. The van der Waals surface area contributed by atoms with Gasteiger partial charge in [0.2, 0.25) is 0 Å². The number of nitrogens with zero attached hydrogens (tertiary/aromatic N) is 5. The summed E-state index contributed by atoms with van der Waals surface area (Å²) in [5, 5.41) is 13.1. The number of fused-ring (bicyclic) bond motifs is 1. The van der Waals surface area contributed by atoms with Crippen molar-refractivity contribution in [1.82, 2.24) is 24.5 Å². The zero-order chi connectivity index (χ0) is 28.2. The summed E-state index contributed by atoms with van der Waals surface area (Å²) in [7, 11) is 1.70. The largest absolute Gasteiger partial charge is 0.385 e. The van der Waals surface area contributed by atoms with Crippen molar-refractivity contribution in [2.45, 2.75) is 46.3 Å². The van der Waals surface area contributed by atoms with Gasteiger partial charge < -0.3 is 16.0 Å². The molecular formula is C27H35FN8O2. The molecule has 1 aliphatic carbocycles. The first-order valence-corrected chi connectivity index (χ1v) is 12.4. The predicted octanol–water partition coefficient (Wildman–Crippen LogP) is 4.81. The molecule has 1 aliphatic rings. The fourth-order valence-corrected chi connectivity index (χ4v) is 3.25. The van der Waals surface area contributed by atoms with Crippen LogP contribution in [0.25, 0.3) is 11.5 Å². The molecule has 10 nitrogen and oxygen atoms in total. The van der Waals surface area contributed by atoms with Crippen molar-refractivity contribution in [3.8, 4) is 0 Å². The number of aromatic nitrogens is 4. The van der Waals surface area contributed by atoms with E-state index >= 15 is 0 Å². The van der Waals surface area contributed by atoms with Gasteiger partial charge in [0.25, 0.3) is 11.5 Å². The molecule has 2 atom stereocenters. The molecule has 1 saturated carbocycles. The maximum absolute atomic E-state index is 13.2. The molecule has 0 bridgehead atoms. The molecule has 38 heavy (non-hydrogen) atoms. The van der Waals surface area contributed by atoms with E-state index in [1.54, 1.807) is 37.5 Å². The number of carbonyl (C=O) groups is 1. The SMILES string of the molecule is C=C/C=N\C(=C/C=C)n1cccc(Nc2cc(NC)c3ncc(C(=O)NC4CC4F)n3n2)c1=O.CC.CC. The normalized spacial score (nSPS) is 16.0. The lowest BCUT2D eigenvalue weighted by atomic mass is 10.3. The molecule has 0 aliphatic heterocycles. The second kappa shape index (κ2) is 14.3. The minimum atomic E-state index is -1.03. The van der Waals surface area contributed by atoms with Crippen molar-refractivity contribution in [3.05, 3.63) is 78.0 Å². The monoisotopic (exact) mass is 522 g/mol. The van der Waals surface area contributed by atoms with E-state index in [1.807, 2.05) is 27.7 Å². The van der Waals surface area contributed by atoms with Gasteiger partial charge in [0, 0.05) is 31.9 Å². The van der Waals surface area contributed by atoms with Crippen molar-refractivity contribution >= 4 is 40.8 Å². The van der Waals surface area contributed by atoms with Crippen LogP contribution in [0.4, 0.5) is 21.6 Å². The quantitative estimate of drug-likeness (QED) is 0.274. The van der Waals surface area contributed by atoms with Crippen LogP contribution >= 0.6 is 0 Å². The first-order valence-electron chi connectivity index (χ1n) is 12.4. The van der Waals surface area contributed by atoms with E-state index in [-0.39, 0.29) is 22.8 Å². The van der Waals surface area contributed by atoms with E-state index in [4.69, 9.17) is 0 Å². The molecule has 1 amide bonds. The Balaban J connectivity index is 0.00000121. The maximum atomic E-state index is 13.2. The molecular weight excluding hydrogens is 487 g/mol. The van der Waals surface area contributed by atoms with E-state index in [9.17, 15) is 14.0 Å². The van der Waals surface area contributed by atoms with Crippen molar-refractivity contribution in [3.63, 3.8) is 0 Å². The number of aliphatic imine (C=N–C) groups is 1. The fourth-order valence-electron chi connectivity index (χ4n) is 3.25. The highest BCUT2D eigenvalue weighted by Crippen LogP contribution is 2.26. The molecule has 3 aromatic heterocycles. The number of hydrogen-bond donors (Lipinski definition) is 3. The van der Waals surface area contributed by atoms with Crippen molar-refractivity contribution < 1.29 is 9.18 Å². The van der Waals surface area contributed by atoms with Gasteiger partial charge in [-0.15, -0.1) is 5.10 Å². The number of alkyl halides is 1. The summed E-state index contributed by atoms with van der Waals surface area (Å²) in [5.41, 5.74) is 0.979. The first kappa shape index (κ1) is 29.7. The first-order chi connectivity index (χ1) is 18.5. The van der Waals surface area contributed by atoms with E-state index in [0.29, 0.717) is 23.6 Å². The van der Waals surface area contributed by atoms with Crippen LogP contribution < -0.4 is 21.5 Å². The zero-order valence-corrected chi connectivity index (χ0v) is 22.4. The minimum Gasteiger partial charge on any atom is -0.385 e. The predicted molar refractivity (Wildman–Crippen MR) is 153 cm³/mol. The van der Waals surface area contributed by atoms with E-state index in [1.165, 1.54) is 33.6 Å². The van der Waals surface area contributed by atoms with Crippen LogP contribution in [0.15, 0.2) is 71.8 Å². The average Bonchev–Trinajstić information content (AvgIpc) is 3.45. The van der Waals surface area contributed by atoms with Gasteiger partial charge in [0.1, 0.15) is 17.7 Å². The second-order valence-electron chi connectivity index (χ2n) is 7.40. The molecule has 202 valence electrons. The molecule has 3 heterocycles. The molecule has 0 aromatic carbocycles. The van der Waals surface area contributed by atoms with Crippen molar-refractivity contribution in [2.75, 3.05) is 17.7 Å². The highest BCUT2D eigenvalue weighted by atomic mass is 19.1. The Morgan fingerprint density at radius 2 is 1.92 bits per heavy atom. The molecule has 1 fully saturated rings. The molecule has 2 unspecified atom stereocenters. The summed E-state index contributed by atoms with van der Waals surface area (Å²) < 4.78 is 15.9. The lowest BCUT2D eigenvalue weighted by molar-refractivity contribution is 0.0940. The number of hydrogen-bond acceptors (Lipinski definition) is 7. The van der Waals surface area contributed by atoms with Gasteiger partial charge in [0.05, 0.1) is 17.9 Å². The number of nitrogens with one attached hydrogen (secondary N) is 3. The van der Waals surface area contributed by atoms with Gasteiger partial charge in [-0.25, -0.2) is 18.9 Å². The lowest BCUT2D eigenvalue weighted by Crippen LogP contribution is -2.28. The van der Waals surface area contributed by atoms with Crippen LogP contribution in [0.1, 0.15) is 44.6 Å². The molecule has 0 radical (unpaired) electrons. The van der Waals surface area contributed by atoms with Gasteiger partial charge in [-0.2, -0.15) is 0 Å². The number of halogens is 1. The Labute approximate surface area is 221 Å². The maximum Gasteiger partial charge on any atom is 0.279 e. The molecule has 0 spiro atoms.